The van der Waals surface area contributed by atoms with Gasteiger partial charge in [0, 0.05) is 18.0 Å². The molecule has 1 aromatic rings. The summed E-state index contributed by atoms with van der Waals surface area (Å²) in [5.74, 6) is 0.120. The molecule has 0 aliphatic carbocycles. The summed E-state index contributed by atoms with van der Waals surface area (Å²) < 4.78 is 0. The number of aryl methyl sites for hydroxylation is 1. The Bertz CT molecular complexity index is 512. The molecule has 0 radical (unpaired) electrons. The molecule has 24 heavy (non-hydrogen) atoms. The van der Waals surface area contributed by atoms with Gasteiger partial charge in [-0.2, -0.15) is 0 Å². The summed E-state index contributed by atoms with van der Waals surface area (Å²) in [4.78, 5) is 23.2. The molecule has 0 unspecified atom stereocenters. The highest BCUT2D eigenvalue weighted by Crippen LogP contribution is 2.18. The van der Waals surface area contributed by atoms with E-state index < -0.39 is 6.03 Å². The van der Waals surface area contributed by atoms with Crippen LogP contribution in [0.5, 0.6) is 0 Å². The van der Waals surface area contributed by atoms with Crippen LogP contribution < -0.4 is 16.0 Å². The van der Waals surface area contributed by atoms with Gasteiger partial charge < -0.3 is 10.6 Å². The summed E-state index contributed by atoms with van der Waals surface area (Å²) in [6.45, 7) is 9.04. The van der Waals surface area contributed by atoms with Crippen LogP contribution in [0.1, 0.15) is 57.7 Å². The van der Waals surface area contributed by atoms with E-state index in [-0.39, 0.29) is 18.5 Å². The maximum Gasteiger partial charge on any atom is 0.321 e. The third kappa shape index (κ3) is 7.13. The topological polar surface area (TPSA) is 74.8 Å². The van der Waals surface area contributed by atoms with Crippen molar-refractivity contribution in [3.63, 3.8) is 0 Å². The molecule has 5 heteroatoms. The number of unbranched alkanes of at least 4 members (excludes halogenated alkanes) is 1. The fourth-order valence-corrected chi connectivity index (χ4v) is 2.70. The standard InChI is InChI=1S/C19H31N3O2/c1-5-7-8-15-9-11-16(12-10-15)18(14(3)4)21-13-17(23)22-19(24)20-6-2/h9-12,14,18,21H,5-8,13H2,1-4H3,(H2,20,22,23,24)/p+1/t18-/m1/s1. The van der Waals surface area contributed by atoms with Gasteiger partial charge in [0.15, 0.2) is 6.54 Å². The molecule has 1 aromatic carbocycles. The van der Waals surface area contributed by atoms with E-state index in [4.69, 9.17) is 0 Å². The second kappa shape index (κ2) is 10.8. The summed E-state index contributed by atoms with van der Waals surface area (Å²) >= 11 is 0. The maximum atomic E-state index is 11.9. The van der Waals surface area contributed by atoms with Gasteiger partial charge in [0.1, 0.15) is 6.04 Å². The SMILES string of the molecule is CCCCc1ccc([C@H]([NH2+]CC(=O)NC(=O)NCC)C(C)C)cc1. The molecule has 0 saturated heterocycles. The number of hydrogen-bond donors (Lipinski definition) is 3. The molecule has 0 spiro atoms. The number of carbonyl (C=O) groups is 2. The normalized spacial score (nSPS) is 12.0. The molecule has 0 aromatic heterocycles. The number of amides is 3. The summed E-state index contributed by atoms with van der Waals surface area (Å²) in [6, 6.07) is 8.45. The lowest BCUT2D eigenvalue weighted by atomic mass is 9.94. The van der Waals surface area contributed by atoms with Crippen LogP contribution in [0.2, 0.25) is 0 Å². The molecular formula is C19H32N3O2+. The highest BCUT2D eigenvalue weighted by atomic mass is 16.2. The second-order valence-corrected chi connectivity index (χ2v) is 6.46. The van der Waals surface area contributed by atoms with Crippen LogP contribution in [-0.4, -0.2) is 25.0 Å². The van der Waals surface area contributed by atoms with Gasteiger partial charge in [0.25, 0.3) is 5.91 Å². The van der Waals surface area contributed by atoms with E-state index in [1.807, 2.05) is 12.2 Å². The lowest BCUT2D eigenvalue weighted by molar-refractivity contribution is -0.692. The lowest BCUT2D eigenvalue weighted by Crippen LogP contribution is -2.88. The predicted octanol–water partition coefficient (Wildman–Crippen LogP) is 2.14. The third-order valence-corrected chi connectivity index (χ3v) is 4.05. The van der Waals surface area contributed by atoms with Crippen molar-refractivity contribution in [3.8, 4) is 0 Å². The van der Waals surface area contributed by atoms with Crippen LogP contribution in [0, 0.1) is 5.92 Å². The number of nitrogens with two attached hydrogens (primary N) is 1. The molecule has 1 atom stereocenters. The average Bonchev–Trinajstić information content (AvgIpc) is 2.54. The number of rotatable bonds is 9. The van der Waals surface area contributed by atoms with Crippen molar-refractivity contribution in [1.82, 2.24) is 10.6 Å². The zero-order valence-electron chi connectivity index (χ0n) is 15.4. The Labute approximate surface area is 145 Å². The Morgan fingerprint density at radius 1 is 1.12 bits per heavy atom. The summed E-state index contributed by atoms with van der Waals surface area (Å²) in [5.41, 5.74) is 2.58. The number of carbonyl (C=O) groups excluding carboxylic acids is 2. The smallest absolute Gasteiger partial charge is 0.321 e. The number of imide groups is 1. The van der Waals surface area contributed by atoms with E-state index in [1.165, 1.54) is 24.0 Å². The fraction of sp³-hybridized carbons (Fsp3) is 0.579. The minimum absolute atomic E-state index is 0.199. The minimum Gasteiger partial charge on any atom is -0.338 e. The van der Waals surface area contributed by atoms with Crippen molar-refractivity contribution in [3.05, 3.63) is 35.4 Å². The van der Waals surface area contributed by atoms with Gasteiger partial charge in [-0.1, -0.05) is 51.5 Å². The fourth-order valence-electron chi connectivity index (χ4n) is 2.70. The summed E-state index contributed by atoms with van der Waals surface area (Å²) in [6.07, 6.45) is 3.52. The molecule has 5 nitrogen and oxygen atoms in total. The first-order valence-electron chi connectivity index (χ1n) is 8.97. The van der Waals surface area contributed by atoms with E-state index in [9.17, 15) is 9.59 Å². The van der Waals surface area contributed by atoms with Crippen LogP contribution in [-0.2, 0) is 11.2 Å². The van der Waals surface area contributed by atoms with Gasteiger partial charge in [-0.15, -0.1) is 0 Å². The van der Waals surface area contributed by atoms with Crippen molar-refractivity contribution in [2.45, 2.75) is 53.0 Å². The third-order valence-electron chi connectivity index (χ3n) is 4.05. The Morgan fingerprint density at radius 3 is 2.33 bits per heavy atom. The van der Waals surface area contributed by atoms with Crippen LogP contribution >= 0.6 is 0 Å². The Balaban J connectivity index is 2.60. The highest BCUT2D eigenvalue weighted by molar-refractivity contribution is 5.94. The monoisotopic (exact) mass is 334 g/mol. The minimum atomic E-state index is -0.433. The van der Waals surface area contributed by atoms with Crippen molar-refractivity contribution >= 4 is 11.9 Å². The number of hydrogen-bond acceptors (Lipinski definition) is 2. The van der Waals surface area contributed by atoms with Crippen molar-refractivity contribution in [1.29, 1.82) is 0 Å². The average molecular weight is 334 g/mol. The van der Waals surface area contributed by atoms with Gasteiger partial charge in [-0.05, 0) is 25.3 Å². The van der Waals surface area contributed by atoms with E-state index >= 15 is 0 Å². The van der Waals surface area contributed by atoms with Crippen LogP contribution in [0.4, 0.5) is 4.79 Å². The maximum absolute atomic E-state index is 11.9. The number of benzene rings is 1. The van der Waals surface area contributed by atoms with Gasteiger partial charge in [0.05, 0.1) is 0 Å². The Morgan fingerprint density at radius 2 is 1.79 bits per heavy atom. The molecule has 0 saturated carbocycles. The molecule has 0 aliphatic rings. The van der Waals surface area contributed by atoms with E-state index in [0.29, 0.717) is 12.5 Å². The Hall–Kier alpha value is -1.88. The molecule has 134 valence electrons. The van der Waals surface area contributed by atoms with Crippen LogP contribution in [0.15, 0.2) is 24.3 Å². The van der Waals surface area contributed by atoms with E-state index in [0.717, 1.165) is 6.42 Å². The molecular weight excluding hydrogens is 302 g/mol. The highest BCUT2D eigenvalue weighted by Gasteiger charge is 2.21. The first-order chi connectivity index (χ1) is 11.5. The van der Waals surface area contributed by atoms with Gasteiger partial charge in [-0.3, -0.25) is 10.1 Å². The Kier molecular flexibility index (Phi) is 9.08. The number of nitrogens with one attached hydrogen (secondary N) is 2. The number of quaternary nitrogens is 1. The molecule has 0 fully saturated rings. The van der Waals surface area contributed by atoms with Crippen molar-refractivity contribution < 1.29 is 14.9 Å². The van der Waals surface area contributed by atoms with Crippen LogP contribution in [0.3, 0.4) is 0 Å². The molecule has 3 amide bonds. The largest absolute Gasteiger partial charge is 0.338 e. The second-order valence-electron chi connectivity index (χ2n) is 6.46. The van der Waals surface area contributed by atoms with Crippen LogP contribution in [0.25, 0.3) is 0 Å². The van der Waals surface area contributed by atoms with Crippen molar-refractivity contribution in [2.75, 3.05) is 13.1 Å². The van der Waals surface area contributed by atoms with Gasteiger partial charge in [-0.25, -0.2) is 4.79 Å². The molecule has 1 rings (SSSR count). The molecule has 0 heterocycles. The van der Waals surface area contributed by atoms with Crippen molar-refractivity contribution in [2.24, 2.45) is 5.92 Å². The van der Waals surface area contributed by atoms with E-state index in [1.54, 1.807) is 0 Å². The zero-order valence-corrected chi connectivity index (χ0v) is 15.4. The number of urea groups is 1. The van der Waals surface area contributed by atoms with Gasteiger partial charge in [0.2, 0.25) is 0 Å². The molecule has 4 N–H and O–H groups in total. The summed E-state index contributed by atoms with van der Waals surface area (Å²) in [7, 11) is 0. The molecule has 0 bridgehead atoms. The quantitative estimate of drug-likeness (QED) is 0.647. The van der Waals surface area contributed by atoms with Gasteiger partial charge >= 0.3 is 6.03 Å². The zero-order chi connectivity index (χ0) is 17.9. The summed E-state index contributed by atoms with van der Waals surface area (Å²) in [5, 5.41) is 6.90. The first kappa shape index (κ1) is 20.2. The van der Waals surface area contributed by atoms with E-state index in [2.05, 4.69) is 55.7 Å². The first-order valence-corrected chi connectivity index (χ1v) is 8.97. The molecule has 0 aliphatic heterocycles. The lowest BCUT2D eigenvalue weighted by Gasteiger charge is -2.19. The predicted molar refractivity (Wildman–Crippen MR) is 96.6 cm³/mol.